The van der Waals surface area contributed by atoms with Gasteiger partial charge in [0.25, 0.3) is 0 Å². The molecule has 0 aromatic rings. The zero-order chi connectivity index (χ0) is 9.26. The summed E-state index contributed by atoms with van der Waals surface area (Å²) in [5, 5.41) is 1.56. The van der Waals surface area contributed by atoms with E-state index in [1.807, 2.05) is 0 Å². The molecule has 2 aliphatic heterocycles. The quantitative estimate of drug-likeness (QED) is 0.553. The highest BCUT2D eigenvalue weighted by molar-refractivity contribution is 5.85. The Balaban J connectivity index is 2.09. The Kier molecular flexibility index (Phi) is 2.31. The fourth-order valence-electron chi connectivity index (χ4n) is 1.92. The average Bonchev–Trinajstić information content (AvgIpc) is 2.49. The minimum absolute atomic E-state index is 0.149. The number of rotatable bonds is 0. The van der Waals surface area contributed by atoms with Gasteiger partial charge in [0.2, 0.25) is 0 Å². The van der Waals surface area contributed by atoms with Gasteiger partial charge in [-0.3, -0.25) is 9.59 Å². The van der Waals surface area contributed by atoms with Gasteiger partial charge in [0.15, 0.2) is 5.78 Å². The van der Waals surface area contributed by atoms with E-state index in [2.05, 4.69) is 0 Å². The van der Waals surface area contributed by atoms with Crippen LogP contribution in [0.4, 0.5) is 0 Å². The lowest BCUT2D eigenvalue weighted by Gasteiger charge is -2.24. The molecule has 2 rings (SSSR count). The topological polar surface area (TPSA) is 46.6 Å². The van der Waals surface area contributed by atoms with Crippen molar-refractivity contribution in [2.45, 2.75) is 38.1 Å². The standard InChI is InChI=1S/C9H13NO3/c11-8-4-1-5-9(12)13-10-6-2-3-7(8)10/h7H,1-6H2. The summed E-state index contributed by atoms with van der Waals surface area (Å²) in [5.74, 6) is 0.0319. The van der Waals surface area contributed by atoms with Crippen molar-refractivity contribution in [1.82, 2.24) is 5.06 Å². The molecule has 1 unspecified atom stereocenters. The summed E-state index contributed by atoms with van der Waals surface area (Å²) in [4.78, 5) is 27.7. The molecule has 2 saturated heterocycles. The van der Waals surface area contributed by atoms with Gasteiger partial charge >= 0.3 is 5.97 Å². The lowest BCUT2D eigenvalue weighted by Crippen LogP contribution is -2.39. The van der Waals surface area contributed by atoms with Gasteiger partial charge in [0, 0.05) is 19.4 Å². The molecule has 0 radical (unpaired) electrons. The van der Waals surface area contributed by atoms with Crippen molar-refractivity contribution in [3.05, 3.63) is 0 Å². The maximum atomic E-state index is 11.5. The van der Waals surface area contributed by atoms with Crippen LogP contribution in [0.1, 0.15) is 32.1 Å². The summed E-state index contributed by atoms with van der Waals surface area (Å²) in [6.07, 6.45) is 3.32. The molecular formula is C9H13NO3. The van der Waals surface area contributed by atoms with Crippen LogP contribution in [-0.4, -0.2) is 29.4 Å². The molecule has 0 saturated carbocycles. The minimum Gasteiger partial charge on any atom is -0.367 e. The monoisotopic (exact) mass is 183 g/mol. The molecule has 2 heterocycles. The lowest BCUT2D eigenvalue weighted by molar-refractivity contribution is -0.197. The third-order valence-corrected chi connectivity index (χ3v) is 2.60. The van der Waals surface area contributed by atoms with E-state index >= 15 is 0 Å². The molecule has 0 aromatic carbocycles. The van der Waals surface area contributed by atoms with E-state index in [1.165, 1.54) is 0 Å². The number of nitrogens with zero attached hydrogens (tertiary/aromatic N) is 1. The molecular weight excluding hydrogens is 170 g/mol. The van der Waals surface area contributed by atoms with Crippen molar-refractivity contribution >= 4 is 11.8 Å². The van der Waals surface area contributed by atoms with Crippen LogP contribution in [0, 0.1) is 0 Å². The van der Waals surface area contributed by atoms with E-state index < -0.39 is 0 Å². The van der Waals surface area contributed by atoms with Gasteiger partial charge in [-0.15, -0.1) is 5.06 Å². The van der Waals surface area contributed by atoms with E-state index in [1.54, 1.807) is 5.06 Å². The SMILES string of the molecule is O=C1CCCC(=O)C2CCCN2O1. The van der Waals surface area contributed by atoms with Crippen molar-refractivity contribution in [3.8, 4) is 0 Å². The number of hydrogen-bond acceptors (Lipinski definition) is 4. The third kappa shape index (κ3) is 1.72. The molecule has 0 amide bonds. The lowest BCUT2D eigenvalue weighted by atomic mass is 10.0. The van der Waals surface area contributed by atoms with Crippen molar-refractivity contribution in [1.29, 1.82) is 0 Å². The molecule has 4 nitrogen and oxygen atoms in total. The number of Topliss-reactive ketones (excluding diaryl/α,β-unsaturated/α-hetero) is 1. The number of carbonyl (C=O) groups excluding carboxylic acids is 2. The fourth-order valence-corrected chi connectivity index (χ4v) is 1.92. The number of ketones is 1. The largest absolute Gasteiger partial charge is 0.367 e. The summed E-state index contributed by atoms with van der Waals surface area (Å²) in [5.41, 5.74) is 0. The van der Waals surface area contributed by atoms with Crippen LogP contribution in [-0.2, 0) is 14.4 Å². The zero-order valence-corrected chi connectivity index (χ0v) is 7.49. The number of hydroxylamine groups is 2. The molecule has 13 heavy (non-hydrogen) atoms. The van der Waals surface area contributed by atoms with Crippen molar-refractivity contribution < 1.29 is 14.4 Å². The molecule has 0 aromatic heterocycles. The van der Waals surface area contributed by atoms with Crippen LogP contribution < -0.4 is 0 Å². The van der Waals surface area contributed by atoms with E-state index in [4.69, 9.17) is 4.84 Å². The molecule has 2 fully saturated rings. The average molecular weight is 183 g/mol. The highest BCUT2D eigenvalue weighted by Gasteiger charge is 2.34. The highest BCUT2D eigenvalue weighted by Crippen LogP contribution is 2.22. The van der Waals surface area contributed by atoms with Crippen LogP contribution in [0.15, 0.2) is 0 Å². The molecule has 4 heteroatoms. The summed E-state index contributed by atoms with van der Waals surface area (Å²) in [6.45, 7) is 0.710. The van der Waals surface area contributed by atoms with Crippen molar-refractivity contribution in [2.24, 2.45) is 0 Å². The summed E-state index contributed by atoms with van der Waals surface area (Å²) < 4.78 is 0. The molecule has 0 bridgehead atoms. The Morgan fingerprint density at radius 1 is 1.23 bits per heavy atom. The van der Waals surface area contributed by atoms with E-state index in [0.717, 1.165) is 12.8 Å². The first-order valence-corrected chi connectivity index (χ1v) is 4.77. The number of hydrogen-bond donors (Lipinski definition) is 0. The van der Waals surface area contributed by atoms with Crippen LogP contribution in [0.25, 0.3) is 0 Å². The first-order chi connectivity index (χ1) is 6.27. The Morgan fingerprint density at radius 3 is 2.92 bits per heavy atom. The maximum absolute atomic E-state index is 11.5. The van der Waals surface area contributed by atoms with Crippen LogP contribution in [0.2, 0.25) is 0 Å². The van der Waals surface area contributed by atoms with E-state index in [9.17, 15) is 9.59 Å². The van der Waals surface area contributed by atoms with Gasteiger partial charge in [-0.1, -0.05) is 0 Å². The van der Waals surface area contributed by atoms with Gasteiger partial charge in [0.1, 0.15) is 6.04 Å². The predicted octanol–water partition coefficient (Wildman–Crippen LogP) is 0.662. The molecule has 72 valence electrons. The predicted molar refractivity (Wildman–Crippen MR) is 44.7 cm³/mol. The molecule has 0 N–H and O–H groups in total. The highest BCUT2D eigenvalue weighted by atomic mass is 16.7. The Morgan fingerprint density at radius 2 is 2.08 bits per heavy atom. The second-order valence-electron chi connectivity index (χ2n) is 3.58. The van der Waals surface area contributed by atoms with E-state index in [0.29, 0.717) is 25.8 Å². The molecule has 2 aliphatic rings. The summed E-state index contributed by atoms with van der Waals surface area (Å²) in [6, 6.07) is -0.149. The van der Waals surface area contributed by atoms with Crippen LogP contribution in [0.3, 0.4) is 0 Å². The van der Waals surface area contributed by atoms with Gasteiger partial charge in [0.05, 0.1) is 0 Å². The number of carbonyl (C=O) groups is 2. The van der Waals surface area contributed by atoms with Crippen molar-refractivity contribution in [3.63, 3.8) is 0 Å². The molecule has 1 atom stereocenters. The summed E-state index contributed by atoms with van der Waals surface area (Å²) in [7, 11) is 0. The van der Waals surface area contributed by atoms with Crippen molar-refractivity contribution in [2.75, 3.05) is 6.54 Å². The first-order valence-electron chi connectivity index (χ1n) is 4.77. The van der Waals surface area contributed by atoms with Gasteiger partial charge in [-0.05, 0) is 19.3 Å². The zero-order valence-electron chi connectivity index (χ0n) is 7.49. The van der Waals surface area contributed by atoms with Crippen LogP contribution >= 0.6 is 0 Å². The molecule has 0 aliphatic carbocycles. The summed E-state index contributed by atoms with van der Waals surface area (Å²) >= 11 is 0. The number of fused-ring (bicyclic) bond motifs is 1. The Bertz CT molecular complexity index is 239. The first kappa shape index (κ1) is 8.69. The van der Waals surface area contributed by atoms with E-state index in [-0.39, 0.29) is 17.8 Å². The molecule has 0 spiro atoms. The second-order valence-corrected chi connectivity index (χ2v) is 3.58. The smallest absolute Gasteiger partial charge is 0.325 e. The Labute approximate surface area is 76.8 Å². The normalized spacial score (nSPS) is 30.6. The van der Waals surface area contributed by atoms with Gasteiger partial charge in [-0.2, -0.15) is 0 Å². The van der Waals surface area contributed by atoms with Gasteiger partial charge < -0.3 is 4.84 Å². The van der Waals surface area contributed by atoms with Gasteiger partial charge in [-0.25, -0.2) is 0 Å². The third-order valence-electron chi connectivity index (χ3n) is 2.60. The minimum atomic E-state index is -0.195. The Hall–Kier alpha value is -0.900. The second kappa shape index (κ2) is 3.46. The maximum Gasteiger partial charge on any atom is 0.325 e. The fraction of sp³-hybridized carbons (Fsp3) is 0.778. The van der Waals surface area contributed by atoms with Crippen LogP contribution in [0.5, 0.6) is 0 Å².